The molecule has 60 valence electrons. The van der Waals surface area contributed by atoms with Crippen LogP contribution in [0.5, 0.6) is 0 Å². The first-order valence-corrected chi connectivity index (χ1v) is 3.41. The smallest absolute Gasteiger partial charge is 0.334 e. The van der Waals surface area contributed by atoms with Gasteiger partial charge in [0.05, 0.1) is 7.11 Å². The zero-order valence-electron chi connectivity index (χ0n) is 6.72. The maximum absolute atomic E-state index is 10.7. The van der Waals surface area contributed by atoms with Crippen molar-refractivity contribution in [3.63, 3.8) is 0 Å². The average molecular weight is 146 g/mol. The summed E-state index contributed by atoms with van der Waals surface area (Å²) in [5.41, 5.74) is 0. The average Bonchev–Trinajstić information content (AvgIpc) is 1.98. The topological polar surface area (TPSA) is 35.5 Å². The van der Waals surface area contributed by atoms with Crippen LogP contribution in [-0.2, 0) is 14.3 Å². The second-order valence-corrected chi connectivity index (χ2v) is 2.04. The summed E-state index contributed by atoms with van der Waals surface area (Å²) in [4.78, 5) is 10.7. The van der Waals surface area contributed by atoms with Crippen LogP contribution in [0.15, 0.2) is 0 Å². The Morgan fingerprint density at radius 2 is 2.20 bits per heavy atom. The summed E-state index contributed by atoms with van der Waals surface area (Å²) < 4.78 is 9.51. The van der Waals surface area contributed by atoms with Crippen molar-refractivity contribution in [2.24, 2.45) is 0 Å². The van der Waals surface area contributed by atoms with Gasteiger partial charge in [0.25, 0.3) is 0 Å². The number of ether oxygens (including phenoxy) is 2. The fourth-order valence-corrected chi connectivity index (χ4v) is 0.529. The van der Waals surface area contributed by atoms with E-state index in [0.29, 0.717) is 6.61 Å². The van der Waals surface area contributed by atoms with E-state index in [1.165, 1.54) is 7.11 Å². The zero-order chi connectivity index (χ0) is 7.98. The lowest BCUT2D eigenvalue weighted by Crippen LogP contribution is -2.22. The summed E-state index contributed by atoms with van der Waals surface area (Å²) in [6.07, 6.45) is 0.492. The minimum Gasteiger partial charge on any atom is -0.467 e. The Hall–Kier alpha value is -0.570. The van der Waals surface area contributed by atoms with Crippen molar-refractivity contribution in [1.29, 1.82) is 0 Å². The van der Waals surface area contributed by atoms with Crippen molar-refractivity contribution < 1.29 is 14.3 Å². The number of hydrogen-bond donors (Lipinski definition) is 0. The van der Waals surface area contributed by atoms with Gasteiger partial charge in [0.15, 0.2) is 6.10 Å². The van der Waals surface area contributed by atoms with Crippen molar-refractivity contribution in [3.8, 4) is 0 Å². The summed E-state index contributed by atoms with van der Waals surface area (Å²) in [6.45, 7) is 4.28. The van der Waals surface area contributed by atoms with Gasteiger partial charge in [0.1, 0.15) is 0 Å². The van der Waals surface area contributed by atoms with E-state index >= 15 is 0 Å². The molecule has 3 heteroatoms. The van der Waals surface area contributed by atoms with Gasteiger partial charge in [-0.25, -0.2) is 4.79 Å². The van der Waals surface area contributed by atoms with E-state index in [-0.39, 0.29) is 5.97 Å². The third-order valence-electron chi connectivity index (χ3n) is 1.11. The van der Waals surface area contributed by atoms with Gasteiger partial charge < -0.3 is 9.47 Å². The van der Waals surface area contributed by atoms with Gasteiger partial charge >= 0.3 is 5.97 Å². The highest BCUT2D eigenvalue weighted by atomic mass is 16.6. The third kappa shape index (κ3) is 3.45. The van der Waals surface area contributed by atoms with Crippen molar-refractivity contribution >= 4 is 5.97 Å². The third-order valence-corrected chi connectivity index (χ3v) is 1.11. The lowest BCUT2D eigenvalue weighted by atomic mass is 10.4. The summed E-state index contributed by atoms with van der Waals surface area (Å²) in [6, 6.07) is 0. The molecule has 0 aromatic rings. The molecule has 0 fully saturated rings. The zero-order valence-corrected chi connectivity index (χ0v) is 6.72. The van der Waals surface area contributed by atoms with Gasteiger partial charge in [0, 0.05) is 6.61 Å². The normalized spacial score (nSPS) is 12.7. The summed E-state index contributed by atoms with van der Waals surface area (Å²) in [5.74, 6) is -0.312. The predicted molar refractivity (Wildman–Crippen MR) is 37.7 cm³/mol. The molecule has 0 aliphatic rings. The van der Waals surface area contributed by atoms with Crippen LogP contribution in [0.2, 0.25) is 0 Å². The lowest BCUT2D eigenvalue weighted by Gasteiger charge is -2.08. The molecule has 0 aliphatic heterocycles. The number of rotatable bonds is 4. The SMILES string of the molecule is CCCO[C@H](C)C(=O)OC. The fraction of sp³-hybridized carbons (Fsp3) is 0.857. The first kappa shape index (κ1) is 9.43. The molecular formula is C7H14O3. The molecular weight excluding hydrogens is 132 g/mol. The number of hydrogen-bond acceptors (Lipinski definition) is 3. The minimum atomic E-state index is -0.426. The van der Waals surface area contributed by atoms with Crippen LogP contribution in [0.3, 0.4) is 0 Å². The standard InChI is InChI=1S/C7H14O3/c1-4-5-10-6(2)7(8)9-3/h6H,4-5H2,1-3H3/t6-/m1/s1. The molecule has 0 saturated carbocycles. The van der Waals surface area contributed by atoms with Crippen molar-refractivity contribution in [3.05, 3.63) is 0 Å². The molecule has 1 atom stereocenters. The molecule has 0 aromatic carbocycles. The highest BCUT2D eigenvalue weighted by molar-refractivity contribution is 5.73. The minimum absolute atomic E-state index is 0.312. The predicted octanol–water partition coefficient (Wildman–Crippen LogP) is 0.975. The first-order chi connectivity index (χ1) is 4.72. The fourth-order valence-electron chi connectivity index (χ4n) is 0.529. The lowest BCUT2D eigenvalue weighted by molar-refractivity contribution is -0.152. The highest BCUT2D eigenvalue weighted by Crippen LogP contribution is 1.93. The van der Waals surface area contributed by atoms with E-state index in [9.17, 15) is 4.79 Å². The number of methoxy groups -OCH3 is 1. The molecule has 0 amide bonds. The van der Waals surface area contributed by atoms with E-state index in [0.717, 1.165) is 6.42 Å². The van der Waals surface area contributed by atoms with E-state index in [1.54, 1.807) is 6.92 Å². The molecule has 0 heterocycles. The number of carbonyl (C=O) groups is 1. The van der Waals surface area contributed by atoms with Gasteiger partial charge in [-0.05, 0) is 13.3 Å². The van der Waals surface area contributed by atoms with Gasteiger partial charge in [-0.2, -0.15) is 0 Å². The summed E-state index contributed by atoms with van der Waals surface area (Å²) >= 11 is 0. The molecule has 3 nitrogen and oxygen atoms in total. The molecule has 0 rings (SSSR count). The van der Waals surface area contributed by atoms with Gasteiger partial charge in [-0.1, -0.05) is 6.92 Å². The first-order valence-electron chi connectivity index (χ1n) is 3.41. The Morgan fingerprint density at radius 3 is 2.60 bits per heavy atom. The maximum Gasteiger partial charge on any atom is 0.334 e. The Balaban J connectivity index is 3.41. The van der Waals surface area contributed by atoms with Crippen LogP contribution in [0.1, 0.15) is 20.3 Å². The molecule has 0 N–H and O–H groups in total. The summed E-state index contributed by atoms with van der Waals surface area (Å²) in [5, 5.41) is 0. The van der Waals surface area contributed by atoms with E-state index < -0.39 is 6.10 Å². The second-order valence-electron chi connectivity index (χ2n) is 2.04. The summed E-state index contributed by atoms with van der Waals surface area (Å²) in [7, 11) is 1.36. The Labute approximate surface area is 61.3 Å². The van der Waals surface area contributed by atoms with E-state index in [4.69, 9.17) is 4.74 Å². The molecule has 0 spiro atoms. The van der Waals surface area contributed by atoms with Crippen LogP contribution in [0.25, 0.3) is 0 Å². The largest absolute Gasteiger partial charge is 0.467 e. The molecule has 10 heavy (non-hydrogen) atoms. The van der Waals surface area contributed by atoms with Gasteiger partial charge in [-0.15, -0.1) is 0 Å². The molecule has 0 aromatic heterocycles. The molecule has 0 unspecified atom stereocenters. The second kappa shape index (κ2) is 5.23. The van der Waals surface area contributed by atoms with Crippen LogP contribution in [0.4, 0.5) is 0 Å². The molecule has 0 bridgehead atoms. The number of carbonyl (C=O) groups excluding carboxylic acids is 1. The van der Waals surface area contributed by atoms with Gasteiger partial charge in [0.2, 0.25) is 0 Å². The van der Waals surface area contributed by atoms with Crippen molar-refractivity contribution in [2.75, 3.05) is 13.7 Å². The molecule has 0 saturated heterocycles. The Morgan fingerprint density at radius 1 is 1.60 bits per heavy atom. The van der Waals surface area contributed by atoms with E-state index in [2.05, 4.69) is 4.74 Å². The Kier molecular flexibility index (Phi) is 4.94. The quantitative estimate of drug-likeness (QED) is 0.554. The van der Waals surface area contributed by atoms with Crippen molar-refractivity contribution in [2.45, 2.75) is 26.4 Å². The van der Waals surface area contributed by atoms with Crippen LogP contribution < -0.4 is 0 Å². The van der Waals surface area contributed by atoms with Crippen LogP contribution in [0, 0.1) is 0 Å². The monoisotopic (exact) mass is 146 g/mol. The Bertz CT molecular complexity index is 101. The molecule has 0 radical (unpaired) electrons. The highest BCUT2D eigenvalue weighted by Gasteiger charge is 2.11. The number of esters is 1. The van der Waals surface area contributed by atoms with Crippen LogP contribution in [-0.4, -0.2) is 25.8 Å². The van der Waals surface area contributed by atoms with E-state index in [1.807, 2.05) is 6.92 Å². The molecule has 0 aliphatic carbocycles. The van der Waals surface area contributed by atoms with Crippen LogP contribution >= 0.6 is 0 Å². The van der Waals surface area contributed by atoms with Gasteiger partial charge in [-0.3, -0.25) is 0 Å². The van der Waals surface area contributed by atoms with Crippen molar-refractivity contribution in [1.82, 2.24) is 0 Å². The maximum atomic E-state index is 10.7.